The van der Waals surface area contributed by atoms with Gasteiger partial charge in [-0.2, -0.15) is 0 Å². The van der Waals surface area contributed by atoms with E-state index in [-0.39, 0.29) is 0 Å². The van der Waals surface area contributed by atoms with E-state index < -0.39 is 0 Å². The maximum Gasteiger partial charge on any atom is 0.0526 e. The molecular weight excluding hydrogens is 190 g/mol. The first-order valence-electron chi connectivity index (χ1n) is 5.66. The SMILES string of the molecule is CCC1(c2cccs2)CCCCCN1. The Morgan fingerprint density at radius 3 is 3.07 bits per heavy atom. The van der Waals surface area contributed by atoms with E-state index in [0.29, 0.717) is 5.54 Å². The Labute approximate surface area is 90.5 Å². The quantitative estimate of drug-likeness (QED) is 0.786. The summed E-state index contributed by atoms with van der Waals surface area (Å²) in [6, 6.07) is 4.45. The molecule has 0 spiro atoms. The molecular formula is C12H19NS. The molecule has 2 heterocycles. The third-order valence-corrected chi connectivity index (χ3v) is 4.41. The molecule has 0 aromatic carbocycles. The highest BCUT2D eigenvalue weighted by Crippen LogP contribution is 2.35. The molecule has 0 saturated carbocycles. The molecule has 14 heavy (non-hydrogen) atoms. The van der Waals surface area contributed by atoms with Gasteiger partial charge in [0, 0.05) is 4.88 Å². The van der Waals surface area contributed by atoms with Crippen molar-refractivity contribution >= 4 is 11.3 Å². The number of rotatable bonds is 2. The summed E-state index contributed by atoms with van der Waals surface area (Å²) in [6.45, 7) is 3.49. The second-order valence-corrected chi connectivity index (χ2v) is 5.10. The van der Waals surface area contributed by atoms with E-state index in [2.05, 4.69) is 29.8 Å². The summed E-state index contributed by atoms with van der Waals surface area (Å²) in [7, 11) is 0. The molecule has 0 radical (unpaired) electrons. The van der Waals surface area contributed by atoms with Crippen molar-refractivity contribution in [2.45, 2.75) is 44.6 Å². The van der Waals surface area contributed by atoms with Gasteiger partial charge in [-0.25, -0.2) is 0 Å². The molecule has 1 unspecified atom stereocenters. The van der Waals surface area contributed by atoms with Crippen molar-refractivity contribution in [3.05, 3.63) is 22.4 Å². The molecule has 78 valence electrons. The van der Waals surface area contributed by atoms with Crippen molar-refractivity contribution in [3.63, 3.8) is 0 Å². The van der Waals surface area contributed by atoms with Crippen molar-refractivity contribution in [3.8, 4) is 0 Å². The molecule has 1 aliphatic heterocycles. The summed E-state index contributed by atoms with van der Waals surface area (Å²) in [5.74, 6) is 0. The van der Waals surface area contributed by atoms with E-state index in [1.54, 1.807) is 0 Å². The normalized spacial score (nSPS) is 28.6. The minimum atomic E-state index is 0.296. The van der Waals surface area contributed by atoms with Crippen LogP contribution in [-0.4, -0.2) is 6.54 Å². The van der Waals surface area contributed by atoms with Gasteiger partial charge in [0.05, 0.1) is 5.54 Å². The van der Waals surface area contributed by atoms with Crippen molar-refractivity contribution < 1.29 is 0 Å². The van der Waals surface area contributed by atoms with E-state index in [0.717, 1.165) is 0 Å². The molecule has 1 nitrogen and oxygen atoms in total. The van der Waals surface area contributed by atoms with Gasteiger partial charge in [-0.05, 0) is 37.3 Å². The third-order valence-electron chi connectivity index (χ3n) is 3.34. The van der Waals surface area contributed by atoms with Gasteiger partial charge in [-0.15, -0.1) is 11.3 Å². The van der Waals surface area contributed by atoms with Crippen LogP contribution < -0.4 is 5.32 Å². The van der Waals surface area contributed by atoms with Crippen LogP contribution in [0.5, 0.6) is 0 Å². The maximum atomic E-state index is 3.76. The summed E-state index contributed by atoms with van der Waals surface area (Å²) in [4.78, 5) is 1.53. The predicted molar refractivity (Wildman–Crippen MR) is 62.8 cm³/mol. The van der Waals surface area contributed by atoms with Crippen molar-refractivity contribution in [2.75, 3.05) is 6.54 Å². The van der Waals surface area contributed by atoms with Crippen LogP contribution >= 0.6 is 11.3 Å². The van der Waals surface area contributed by atoms with Crippen LogP contribution in [-0.2, 0) is 5.54 Å². The molecule has 2 rings (SSSR count). The minimum absolute atomic E-state index is 0.296. The lowest BCUT2D eigenvalue weighted by molar-refractivity contribution is 0.319. The molecule has 0 bridgehead atoms. The van der Waals surface area contributed by atoms with E-state index in [1.165, 1.54) is 43.5 Å². The zero-order chi connectivity index (χ0) is 9.86. The van der Waals surface area contributed by atoms with Gasteiger partial charge < -0.3 is 5.32 Å². The van der Waals surface area contributed by atoms with Crippen LogP contribution in [0.15, 0.2) is 17.5 Å². The summed E-state index contributed by atoms with van der Waals surface area (Å²) in [6.07, 6.45) is 6.63. The first-order chi connectivity index (χ1) is 6.87. The van der Waals surface area contributed by atoms with Crippen LogP contribution in [0.3, 0.4) is 0 Å². The molecule has 1 aromatic heterocycles. The van der Waals surface area contributed by atoms with E-state index in [1.807, 2.05) is 11.3 Å². The first kappa shape index (κ1) is 10.2. The Balaban J connectivity index is 2.23. The number of nitrogens with one attached hydrogen (secondary N) is 1. The topological polar surface area (TPSA) is 12.0 Å². The fourth-order valence-corrected chi connectivity index (χ4v) is 3.39. The van der Waals surface area contributed by atoms with Gasteiger partial charge in [-0.3, -0.25) is 0 Å². The van der Waals surface area contributed by atoms with E-state index >= 15 is 0 Å². The Morgan fingerprint density at radius 2 is 2.36 bits per heavy atom. The van der Waals surface area contributed by atoms with Gasteiger partial charge >= 0.3 is 0 Å². The number of hydrogen-bond acceptors (Lipinski definition) is 2. The number of thiophene rings is 1. The monoisotopic (exact) mass is 209 g/mol. The lowest BCUT2D eigenvalue weighted by atomic mass is 9.89. The summed E-state index contributed by atoms with van der Waals surface area (Å²) < 4.78 is 0. The Morgan fingerprint density at radius 1 is 1.43 bits per heavy atom. The molecule has 0 aliphatic carbocycles. The standard InChI is InChI=1S/C12H19NS/c1-2-12(11-7-6-10-14-11)8-4-3-5-9-13-12/h6-7,10,13H,2-5,8-9H2,1H3. The molecule has 1 aromatic rings. The first-order valence-corrected chi connectivity index (χ1v) is 6.54. The Hall–Kier alpha value is -0.340. The lowest BCUT2D eigenvalue weighted by Crippen LogP contribution is -2.40. The molecule has 2 heteroatoms. The summed E-state index contributed by atoms with van der Waals surface area (Å²) >= 11 is 1.90. The van der Waals surface area contributed by atoms with Gasteiger partial charge in [0.1, 0.15) is 0 Å². The smallest absolute Gasteiger partial charge is 0.0526 e. The molecule has 1 N–H and O–H groups in total. The van der Waals surface area contributed by atoms with Crippen LogP contribution in [0.2, 0.25) is 0 Å². The average molecular weight is 209 g/mol. The Kier molecular flexibility index (Phi) is 3.24. The highest BCUT2D eigenvalue weighted by molar-refractivity contribution is 7.10. The highest BCUT2D eigenvalue weighted by atomic mass is 32.1. The second kappa shape index (κ2) is 4.45. The summed E-state index contributed by atoms with van der Waals surface area (Å²) in [5, 5.41) is 5.95. The molecule has 1 aliphatic rings. The van der Waals surface area contributed by atoms with Crippen LogP contribution in [0.4, 0.5) is 0 Å². The van der Waals surface area contributed by atoms with Gasteiger partial charge in [-0.1, -0.05) is 25.8 Å². The van der Waals surface area contributed by atoms with E-state index in [9.17, 15) is 0 Å². The van der Waals surface area contributed by atoms with E-state index in [4.69, 9.17) is 0 Å². The van der Waals surface area contributed by atoms with Crippen LogP contribution in [0.25, 0.3) is 0 Å². The fourth-order valence-electron chi connectivity index (χ4n) is 2.38. The molecule has 1 fully saturated rings. The number of hydrogen-bond donors (Lipinski definition) is 1. The third kappa shape index (κ3) is 1.86. The van der Waals surface area contributed by atoms with Gasteiger partial charge in [0.2, 0.25) is 0 Å². The van der Waals surface area contributed by atoms with Crippen molar-refractivity contribution in [2.24, 2.45) is 0 Å². The second-order valence-electron chi connectivity index (χ2n) is 4.15. The maximum absolute atomic E-state index is 3.76. The largest absolute Gasteiger partial charge is 0.307 e. The molecule has 1 saturated heterocycles. The lowest BCUT2D eigenvalue weighted by Gasteiger charge is -2.31. The predicted octanol–water partition coefficient (Wildman–Crippen LogP) is 3.52. The van der Waals surface area contributed by atoms with Crippen molar-refractivity contribution in [1.82, 2.24) is 5.32 Å². The molecule has 1 atom stereocenters. The van der Waals surface area contributed by atoms with Gasteiger partial charge in [0.15, 0.2) is 0 Å². The zero-order valence-electron chi connectivity index (χ0n) is 8.88. The minimum Gasteiger partial charge on any atom is -0.307 e. The average Bonchev–Trinajstić information content (AvgIpc) is 2.64. The molecule has 0 amide bonds. The Bertz CT molecular complexity index is 258. The zero-order valence-corrected chi connectivity index (χ0v) is 9.70. The van der Waals surface area contributed by atoms with Crippen molar-refractivity contribution in [1.29, 1.82) is 0 Å². The summed E-state index contributed by atoms with van der Waals surface area (Å²) in [5.41, 5.74) is 0.296. The van der Waals surface area contributed by atoms with Crippen LogP contribution in [0.1, 0.15) is 43.9 Å². The van der Waals surface area contributed by atoms with Gasteiger partial charge in [0.25, 0.3) is 0 Å². The van der Waals surface area contributed by atoms with Crippen LogP contribution in [0, 0.1) is 0 Å². The highest BCUT2D eigenvalue weighted by Gasteiger charge is 2.31. The fraction of sp³-hybridized carbons (Fsp3) is 0.667.